The highest BCUT2D eigenvalue weighted by Gasteiger charge is 2.49. The van der Waals surface area contributed by atoms with Crippen LogP contribution in [-0.2, 0) is 0 Å². The highest BCUT2D eigenvalue weighted by molar-refractivity contribution is 7.98. The molecule has 0 radical (unpaired) electrons. The Morgan fingerprint density at radius 3 is 1.64 bits per heavy atom. The molecule has 3 aromatic rings. The summed E-state index contributed by atoms with van der Waals surface area (Å²) < 4.78 is 0. The molecule has 1 saturated heterocycles. The molecule has 0 bridgehead atoms. The van der Waals surface area contributed by atoms with Gasteiger partial charge in [-0.25, -0.2) is 0 Å². The number of rotatable bonds is 4. The van der Waals surface area contributed by atoms with Gasteiger partial charge < -0.3 is 0 Å². The van der Waals surface area contributed by atoms with Gasteiger partial charge in [0.05, 0.1) is 10.6 Å². The van der Waals surface area contributed by atoms with E-state index in [0.717, 1.165) is 0 Å². The maximum absolute atomic E-state index is 4.99. The molecular weight excluding hydrogens is 374 g/mol. The summed E-state index contributed by atoms with van der Waals surface area (Å²) in [6, 6.07) is 31.0. The first-order chi connectivity index (χ1) is 13.5. The van der Waals surface area contributed by atoms with Crippen molar-refractivity contribution in [2.24, 2.45) is 0 Å². The topological polar surface area (TPSA) is 0 Å². The third-order valence-electron chi connectivity index (χ3n) is 6.71. The molecule has 0 nitrogen and oxygen atoms in total. The minimum atomic E-state index is -1.97. The predicted octanol–water partition coefficient (Wildman–Crippen LogP) is 5.78. The van der Waals surface area contributed by atoms with E-state index in [-0.39, 0.29) is 0 Å². The Morgan fingerprint density at radius 1 is 0.714 bits per heavy atom. The van der Waals surface area contributed by atoms with E-state index in [4.69, 9.17) is 13.3 Å². The molecule has 4 rings (SSSR count). The summed E-state index contributed by atoms with van der Waals surface area (Å²) in [6.07, 6.45) is 2.60. The second-order valence-corrected chi connectivity index (χ2v) is 15.4. The maximum atomic E-state index is 4.99. The molecule has 0 N–H and O–H groups in total. The van der Waals surface area contributed by atoms with Crippen LogP contribution in [0, 0.1) is 13.3 Å². The van der Waals surface area contributed by atoms with Crippen molar-refractivity contribution in [1.82, 2.24) is 0 Å². The molecule has 28 heavy (non-hydrogen) atoms. The van der Waals surface area contributed by atoms with Gasteiger partial charge in [-0.15, -0.1) is 0 Å². The number of hydrogen-bond donors (Lipinski definition) is 0. The molecule has 0 aromatic heterocycles. The summed E-state index contributed by atoms with van der Waals surface area (Å²) in [7, 11) is -3.47. The summed E-state index contributed by atoms with van der Waals surface area (Å²) >= 11 is 0. The second-order valence-electron chi connectivity index (χ2n) is 8.18. The van der Waals surface area contributed by atoms with Gasteiger partial charge in [0.15, 0.2) is 0 Å². The van der Waals surface area contributed by atoms with Gasteiger partial charge >= 0.3 is 0 Å². The molecule has 2 atom stereocenters. The van der Waals surface area contributed by atoms with Crippen LogP contribution in [0.3, 0.4) is 0 Å². The van der Waals surface area contributed by atoms with Crippen LogP contribution >= 0.6 is 14.5 Å². The van der Waals surface area contributed by atoms with Crippen molar-refractivity contribution in [3.05, 3.63) is 98.3 Å². The second kappa shape index (κ2) is 7.74. The molecule has 1 aliphatic rings. The Balaban J connectivity index is 2.00. The molecule has 144 valence electrons. The average Bonchev–Trinajstić information content (AvgIpc) is 3.02. The first-order valence-electron chi connectivity index (χ1n) is 10.2. The van der Waals surface area contributed by atoms with Gasteiger partial charge in [-0.1, -0.05) is 55.8 Å². The monoisotopic (exact) mass is 404 g/mol. The smallest absolute Gasteiger partial charge is 0.114 e. The normalized spacial score (nSPS) is 21.6. The number of benzene rings is 3. The van der Waals surface area contributed by atoms with Crippen molar-refractivity contribution in [3.8, 4) is 0 Å². The van der Waals surface area contributed by atoms with Gasteiger partial charge in [-0.05, 0) is 70.3 Å². The van der Waals surface area contributed by atoms with E-state index in [1.54, 1.807) is 0 Å². The zero-order valence-corrected chi connectivity index (χ0v) is 18.7. The molecule has 1 heterocycles. The molecule has 1 fully saturated rings. The molecule has 0 saturated carbocycles. The van der Waals surface area contributed by atoms with E-state index in [2.05, 4.69) is 98.8 Å². The minimum Gasteiger partial charge on any atom is -0.174 e. The van der Waals surface area contributed by atoms with E-state index in [9.17, 15) is 0 Å². The fourth-order valence-corrected chi connectivity index (χ4v) is 12.8. The molecule has 0 aliphatic carbocycles. The fraction of sp³-hybridized carbons (Fsp3) is 0.231. The zero-order valence-electron chi connectivity index (χ0n) is 17.0. The zero-order chi connectivity index (χ0) is 19.8. The highest BCUT2D eigenvalue weighted by Crippen LogP contribution is 2.71. The van der Waals surface area contributed by atoms with Gasteiger partial charge in [0.25, 0.3) is 0 Å². The van der Waals surface area contributed by atoms with E-state index in [1.165, 1.54) is 34.1 Å². The standard InChI is InChI=1S/C26H30P2/c1-21-19-20-22(2)27(21,3)25-17-11-12-18-26(25)28(4,23-13-7-5-8-14-23)24-15-9-6-10-16-24/h5-18,21-22H,3-4,19-20H2,1-2H3/t21-,22-/m1/s1. The van der Waals surface area contributed by atoms with Gasteiger partial charge in [0, 0.05) is 11.3 Å². The molecule has 3 aromatic carbocycles. The Bertz CT molecular complexity index is 883. The van der Waals surface area contributed by atoms with Crippen molar-refractivity contribution in [2.45, 2.75) is 38.0 Å². The van der Waals surface area contributed by atoms with Crippen LogP contribution in [0.25, 0.3) is 0 Å². The van der Waals surface area contributed by atoms with Gasteiger partial charge in [0.1, 0.15) is 10.6 Å². The van der Waals surface area contributed by atoms with Gasteiger partial charge in [0.2, 0.25) is 0 Å². The largest absolute Gasteiger partial charge is 0.174 e. The molecule has 2 heteroatoms. The third kappa shape index (κ3) is 3.07. The van der Waals surface area contributed by atoms with Gasteiger partial charge in [-0.3, -0.25) is 0 Å². The van der Waals surface area contributed by atoms with Gasteiger partial charge in [-0.2, -0.15) is 13.3 Å². The minimum absolute atomic E-state index is 0.684. The first-order valence-corrected chi connectivity index (χ1v) is 14.2. The van der Waals surface area contributed by atoms with Crippen molar-refractivity contribution in [1.29, 1.82) is 0 Å². The van der Waals surface area contributed by atoms with Crippen LogP contribution < -0.4 is 21.2 Å². The summed E-state index contributed by atoms with van der Waals surface area (Å²) in [5.74, 6) is 0. The highest BCUT2D eigenvalue weighted by atomic mass is 31.2. The lowest BCUT2D eigenvalue weighted by molar-refractivity contribution is 0.777. The quantitative estimate of drug-likeness (QED) is 0.382. The van der Waals surface area contributed by atoms with Crippen LogP contribution in [0.5, 0.6) is 0 Å². The van der Waals surface area contributed by atoms with Crippen molar-refractivity contribution >= 4 is 35.7 Å². The molecule has 1 aliphatic heterocycles. The summed E-state index contributed by atoms with van der Waals surface area (Å²) in [4.78, 5) is 0. The average molecular weight is 404 g/mol. The van der Waals surface area contributed by atoms with E-state index < -0.39 is 14.5 Å². The van der Waals surface area contributed by atoms with Crippen molar-refractivity contribution < 1.29 is 0 Å². The molecular formula is C26H30P2. The molecule has 0 amide bonds. The van der Waals surface area contributed by atoms with E-state index in [1.807, 2.05) is 0 Å². The number of hydrogen-bond acceptors (Lipinski definition) is 0. The lowest BCUT2D eigenvalue weighted by atomic mass is 10.2. The third-order valence-corrected chi connectivity index (χ3v) is 15.4. The Morgan fingerprint density at radius 2 is 1.14 bits per heavy atom. The van der Waals surface area contributed by atoms with Crippen LogP contribution in [0.4, 0.5) is 0 Å². The summed E-state index contributed by atoms with van der Waals surface area (Å²) in [5.41, 5.74) is 1.37. The maximum Gasteiger partial charge on any atom is 0.114 e. The van der Waals surface area contributed by atoms with Crippen molar-refractivity contribution in [2.75, 3.05) is 0 Å². The summed E-state index contributed by atoms with van der Waals surface area (Å²) in [6.45, 7) is 14.8. The van der Waals surface area contributed by atoms with E-state index >= 15 is 0 Å². The van der Waals surface area contributed by atoms with Crippen LogP contribution in [0.15, 0.2) is 84.9 Å². The fourth-order valence-electron chi connectivity index (χ4n) is 4.78. The van der Waals surface area contributed by atoms with Crippen LogP contribution in [0.2, 0.25) is 0 Å². The lowest BCUT2D eigenvalue weighted by Gasteiger charge is -2.39. The lowest BCUT2D eigenvalue weighted by Crippen LogP contribution is -2.39. The Kier molecular flexibility index (Phi) is 5.48. The SMILES string of the molecule is [CH2-][P+](c1ccccc1)(c1ccccc1)c1ccccc1[P+]1([CH2-])[C@H](C)CC[C@H]1C. The molecule has 0 unspecified atom stereocenters. The molecule has 0 spiro atoms. The van der Waals surface area contributed by atoms with Crippen LogP contribution in [-0.4, -0.2) is 11.3 Å². The Hall–Kier alpha value is -1.48. The van der Waals surface area contributed by atoms with Crippen molar-refractivity contribution in [3.63, 3.8) is 0 Å². The van der Waals surface area contributed by atoms with Crippen LogP contribution in [0.1, 0.15) is 26.7 Å². The Labute approximate surface area is 172 Å². The van der Waals surface area contributed by atoms with E-state index in [0.29, 0.717) is 11.3 Å². The summed E-state index contributed by atoms with van der Waals surface area (Å²) in [5, 5.41) is 5.65. The predicted molar refractivity (Wildman–Crippen MR) is 131 cm³/mol. The first kappa shape index (κ1) is 19.8.